The first kappa shape index (κ1) is 13.7. The number of rotatable bonds is 5. The molecule has 1 saturated carbocycles. The zero-order valence-corrected chi connectivity index (χ0v) is 12.6. The van der Waals surface area contributed by atoms with Crippen LogP contribution in [0.15, 0.2) is 12.1 Å². The van der Waals surface area contributed by atoms with Crippen LogP contribution in [0.3, 0.4) is 0 Å². The third-order valence-corrected chi connectivity index (χ3v) is 4.45. The van der Waals surface area contributed by atoms with Crippen LogP contribution in [0.2, 0.25) is 0 Å². The molecule has 4 nitrogen and oxygen atoms in total. The monoisotopic (exact) mass is 276 g/mol. The maximum absolute atomic E-state index is 6.03. The van der Waals surface area contributed by atoms with E-state index >= 15 is 0 Å². The van der Waals surface area contributed by atoms with E-state index < -0.39 is 0 Å². The molecule has 1 aromatic carbocycles. The molecule has 2 aliphatic rings. The van der Waals surface area contributed by atoms with Crippen molar-refractivity contribution >= 4 is 0 Å². The molecule has 1 fully saturated rings. The summed E-state index contributed by atoms with van der Waals surface area (Å²) in [6, 6.07) is 5.12. The van der Waals surface area contributed by atoms with Crippen molar-refractivity contribution in [1.29, 1.82) is 0 Å². The number of hydrogen-bond acceptors (Lipinski definition) is 4. The van der Waals surface area contributed by atoms with E-state index in [1.807, 2.05) is 0 Å². The SMILES string of the molecule is COc1cc2c(cc1C(CN)N(C)C1CC1)OC(C)C2. The Morgan fingerprint density at radius 3 is 2.80 bits per heavy atom. The molecule has 3 rings (SSSR count). The van der Waals surface area contributed by atoms with Crippen LogP contribution >= 0.6 is 0 Å². The van der Waals surface area contributed by atoms with E-state index in [1.54, 1.807) is 7.11 Å². The van der Waals surface area contributed by atoms with Crippen LogP contribution in [0, 0.1) is 0 Å². The average Bonchev–Trinajstić information content (AvgIpc) is 3.21. The summed E-state index contributed by atoms with van der Waals surface area (Å²) in [5, 5.41) is 0. The van der Waals surface area contributed by atoms with Crippen LogP contribution in [-0.4, -0.2) is 37.7 Å². The van der Waals surface area contributed by atoms with Crippen LogP contribution in [-0.2, 0) is 6.42 Å². The van der Waals surface area contributed by atoms with Crippen LogP contribution in [0.5, 0.6) is 11.5 Å². The fraction of sp³-hybridized carbons (Fsp3) is 0.625. The van der Waals surface area contributed by atoms with Gasteiger partial charge < -0.3 is 15.2 Å². The number of nitrogens with two attached hydrogens (primary N) is 1. The minimum atomic E-state index is 0.197. The second-order valence-electron chi connectivity index (χ2n) is 5.98. The molecule has 2 N–H and O–H groups in total. The van der Waals surface area contributed by atoms with Crippen molar-refractivity contribution in [2.24, 2.45) is 5.73 Å². The summed E-state index contributed by atoms with van der Waals surface area (Å²) in [6.45, 7) is 2.70. The first-order valence-electron chi connectivity index (χ1n) is 7.43. The Hall–Kier alpha value is -1.26. The number of nitrogens with zero attached hydrogens (tertiary/aromatic N) is 1. The largest absolute Gasteiger partial charge is 0.496 e. The van der Waals surface area contributed by atoms with Crippen LogP contribution in [0.1, 0.15) is 36.9 Å². The molecule has 2 unspecified atom stereocenters. The van der Waals surface area contributed by atoms with Crippen molar-refractivity contribution in [3.63, 3.8) is 0 Å². The van der Waals surface area contributed by atoms with Gasteiger partial charge in [-0.2, -0.15) is 0 Å². The van der Waals surface area contributed by atoms with Crippen LogP contribution in [0.4, 0.5) is 0 Å². The van der Waals surface area contributed by atoms with Crippen molar-refractivity contribution in [2.45, 2.75) is 44.4 Å². The second kappa shape index (κ2) is 5.26. The minimum absolute atomic E-state index is 0.197. The van der Waals surface area contributed by atoms with Gasteiger partial charge in [0, 0.05) is 30.1 Å². The van der Waals surface area contributed by atoms with Crippen molar-refractivity contribution in [1.82, 2.24) is 4.90 Å². The molecule has 0 saturated heterocycles. The molecule has 0 aromatic heterocycles. The number of benzene rings is 1. The van der Waals surface area contributed by atoms with E-state index in [2.05, 4.69) is 31.0 Å². The Morgan fingerprint density at radius 2 is 2.20 bits per heavy atom. The first-order valence-corrected chi connectivity index (χ1v) is 7.43. The fourth-order valence-electron chi connectivity index (χ4n) is 3.14. The summed E-state index contributed by atoms with van der Waals surface area (Å²) in [5.74, 6) is 1.93. The zero-order chi connectivity index (χ0) is 14.3. The molecule has 2 atom stereocenters. The van der Waals surface area contributed by atoms with Crippen molar-refractivity contribution < 1.29 is 9.47 Å². The maximum Gasteiger partial charge on any atom is 0.124 e. The van der Waals surface area contributed by atoms with Gasteiger partial charge >= 0.3 is 0 Å². The Bertz CT molecular complexity index is 499. The summed E-state index contributed by atoms with van der Waals surface area (Å²) in [4.78, 5) is 2.38. The molecule has 1 aromatic rings. The molecule has 0 bridgehead atoms. The summed E-state index contributed by atoms with van der Waals surface area (Å²) in [5.41, 5.74) is 8.42. The van der Waals surface area contributed by atoms with Gasteiger partial charge in [0.15, 0.2) is 0 Å². The molecular weight excluding hydrogens is 252 g/mol. The molecule has 1 heterocycles. The Morgan fingerprint density at radius 1 is 1.45 bits per heavy atom. The van der Waals surface area contributed by atoms with Gasteiger partial charge in [-0.1, -0.05) is 0 Å². The van der Waals surface area contributed by atoms with Crippen molar-refractivity contribution in [3.05, 3.63) is 23.3 Å². The van der Waals surface area contributed by atoms with Crippen LogP contribution in [0.25, 0.3) is 0 Å². The molecule has 20 heavy (non-hydrogen) atoms. The van der Waals surface area contributed by atoms with E-state index in [1.165, 1.54) is 18.4 Å². The van der Waals surface area contributed by atoms with Crippen molar-refractivity contribution in [3.8, 4) is 11.5 Å². The molecule has 4 heteroatoms. The standard InChI is InChI=1S/C16H24N2O2/c1-10-6-11-7-16(19-3)13(8-15(11)20-10)14(9-17)18(2)12-4-5-12/h7-8,10,12,14H,4-6,9,17H2,1-3H3. The Labute approximate surface area is 120 Å². The third kappa shape index (κ3) is 2.38. The number of likely N-dealkylation sites (N-methyl/N-ethyl adjacent to an activating group) is 1. The number of ether oxygens (including phenoxy) is 2. The highest BCUT2D eigenvalue weighted by Crippen LogP contribution is 2.41. The lowest BCUT2D eigenvalue weighted by atomic mass is 10.00. The van der Waals surface area contributed by atoms with Gasteiger partial charge in [0.1, 0.15) is 17.6 Å². The first-order chi connectivity index (χ1) is 9.63. The van der Waals surface area contributed by atoms with E-state index in [4.69, 9.17) is 15.2 Å². The second-order valence-corrected chi connectivity index (χ2v) is 5.98. The van der Waals surface area contributed by atoms with Crippen LogP contribution < -0.4 is 15.2 Å². The molecular formula is C16H24N2O2. The predicted molar refractivity (Wildman–Crippen MR) is 79.4 cm³/mol. The van der Waals surface area contributed by atoms with E-state index in [0.717, 1.165) is 23.5 Å². The quantitative estimate of drug-likeness (QED) is 0.895. The predicted octanol–water partition coefficient (Wildman–Crippen LogP) is 2.11. The van der Waals surface area contributed by atoms with Gasteiger partial charge in [0.25, 0.3) is 0 Å². The molecule has 0 radical (unpaired) electrons. The topological polar surface area (TPSA) is 47.7 Å². The highest BCUT2D eigenvalue weighted by molar-refractivity contribution is 5.50. The number of fused-ring (bicyclic) bond motifs is 1. The lowest BCUT2D eigenvalue weighted by Gasteiger charge is -2.28. The number of hydrogen-bond donors (Lipinski definition) is 1. The average molecular weight is 276 g/mol. The molecule has 110 valence electrons. The Kier molecular flexibility index (Phi) is 3.61. The van der Waals surface area contributed by atoms with E-state index in [9.17, 15) is 0 Å². The van der Waals surface area contributed by atoms with Gasteiger partial charge in [-0.25, -0.2) is 0 Å². The Balaban J connectivity index is 1.96. The minimum Gasteiger partial charge on any atom is -0.496 e. The normalized spacial score (nSPS) is 22.6. The highest BCUT2D eigenvalue weighted by atomic mass is 16.5. The van der Waals surface area contributed by atoms with E-state index in [0.29, 0.717) is 12.6 Å². The molecule has 0 spiro atoms. The summed E-state index contributed by atoms with van der Waals surface area (Å²) in [6.07, 6.45) is 3.75. The van der Waals surface area contributed by atoms with Gasteiger partial charge in [-0.15, -0.1) is 0 Å². The lowest BCUT2D eigenvalue weighted by Crippen LogP contribution is -2.32. The lowest BCUT2D eigenvalue weighted by molar-refractivity contribution is 0.231. The van der Waals surface area contributed by atoms with Gasteiger partial charge in [0.05, 0.1) is 13.2 Å². The maximum atomic E-state index is 6.03. The molecule has 1 aliphatic carbocycles. The molecule has 0 amide bonds. The summed E-state index contributed by atoms with van der Waals surface area (Å²) in [7, 11) is 3.89. The zero-order valence-electron chi connectivity index (χ0n) is 12.6. The smallest absolute Gasteiger partial charge is 0.124 e. The highest BCUT2D eigenvalue weighted by Gasteiger charge is 2.33. The third-order valence-electron chi connectivity index (χ3n) is 4.45. The van der Waals surface area contributed by atoms with Crippen molar-refractivity contribution in [2.75, 3.05) is 20.7 Å². The van der Waals surface area contributed by atoms with Gasteiger partial charge in [-0.3, -0.25) is 4.90 Å². The summed E-state index contributed by atoms with van der Waals surface area (Å²) < 4.78 is 11.5. The van der Waals surface area contributed by atoms with E-state index in [-0.39, 0.29) is 12.1 Å². The molecule has 1 aliphatic heterocycles. The fourth-order valence-corrected chi connectivity index (χ4v) is 3.14. The van der Waals surface area contributed by atoms with Gasteiger partial charge in [0.2, 0.25) is 0 Å². The van der Waals surface area contributed by atoms with Gasteiger partial charge in [-0.05, 0) is 38.9 Å². The number of methoxy groups -OCH3 is 1. The summed E-state index contributed by atoms with van der Waals surface area (Å²) >= 11 is 0.